The van der Waals surface area contributed by atoms with Crippen molar-refractivity contribution in [1.82, 2.24) is 9.55 Å². The summed E-state index contributed by atoms with van der Waals surface area (Å²) >= 11 is 7.59. The van der Waals surface area contributed by atoms with Crippen molar-refractivity contribution in [1.29, 1.82) is 0 Å². The van der Waals surface area contributed by atoms with Crippen LogP contribution in [0.3, 0.4) is 0 Å². The minimum atomic E-state index is 0.0307. The average molecular weight is 319 g/mol. The predicted octanol–water partition coefficient (Wildman–Crippen LogP) is 4.50. The number of Topliss-reactive ketones (excluding diaryl/α,β-unsaturated/α-hetero) is 1. The monoisotopic (exact) mass is 318 g/mol. The van der Waals surface area contributed by atoms with Gasteiger partial charge in [0.2, 0.25) is 0 Å². The topological polar surface area (TPSA) is 34.9 Å². The van der Waals surface area contributed by atoms with Crippen molar-refractivity contribution in [3.63, 3.8) is 0 Å². The van der Waals surface area contributed by atoms with E-state index in [1.165, 1.54) is 11.3 Å². The van der Waals surface area contributed by atoms with E-state index in [0.29, 0.717) is 9.90 Å². The summed E-state index contributed by atoms with van der Waals surface area (Å²) in [6.07, 6.45) is 0.280. The highest BCUT2D eigenvalue weighted by Gasteiger charge is 2.18. The fraction of sp³-hybridized carbons (Fsp3) is 0.250. The molecule has 3 aromatic rings. The molecule has 0 bridgehead atoms. The largest absolute Gasteiger partial charge is 0.328 e. The zero-order valence-corrected chi connectivity index (χ0v) is 13.5. The van der Waals surface area contributed by atoms with Crippen LogP contribution in [-0.2, 0) is 13.0 Å². The molecule has 0 aliphatic rings. The number of rotatable bonds is 4. The Bertz CT molecular complexity index is 819. The molecule has 1 aromatic carbocycles. The standard InChI is InChI=1S/C16H15ClN2OS/c1-3-19-12-7-5-4-6-11(12)18-14(19)8-13(20)16-15(17)10(2)9-21-16/h4-7,9H,3,8H2,1-2H3. The Morgan fingerprint density at radius 3 is 2.81 bits per heavy atom. The van der Waals surface area contributed by atoms with E-state index in [9.17, 15) is 4.79 Å². The smallest absolute Gasteiger partial charge is 0.181 e. The van der Waals surface area contributed by atoms with Crippen LogP contribution < -0.4 is 0 Å². The molecule has 21 heavy (non-hydrogen) atoms. The third-order valence-corrected chi connectivity index (χ3v) is 5.26. The summed E-state index contributed by atoms with van der Waals surface area (Å²) in [7, 11) is 0. The molecule has 0 aliphatic carbocycles. The maximum absolute atomic E-state index is 12.5. The Hall–Kier alpha value is -1.65. The predicted molar refractivity (Wildman–Crippen MR) is 87.5 cm³/mol. The van der Waals surface area contributed by atoms with Crippen LogP contribution in [0.4, 0.5) is 0 Å². The number of hydrogen-bond acceptors (Lipinski definition) is 3. The van der Waals surface area contributed by atoms with E-state index in [1.807, 2.05) is 36.6 Å². The van der Waals surface area contributed by atoms with Crippen molar-refractivity contribution in [2.45, 2.75) is 26.8 Å². The molecule has 0 aliphatic heterocycles. The lowest BCUT2D eigenvalue weighted by atomic mass is 10.2. The van der Waals surface area contributed by atoms with Gasteiger partial charge in [0.05, 0.1) is 27.4 Å². The molecular weight excluding hydrogens is 304 g/mol. The fourth-order valence-corrected chi connectivity index (χ4v) is 3.69. The molecule has 0 amide bonds. The van der Waals surface area contributed by atoms with Crippen molar-refractivity contribution in [2.75, 3.05) is 0 Å². The van der Waals surface area contributed by atoms with Crippen LogP contribution in [0.5, 0.6) is 0 Å². The highest BCUT2D eigenvalue weighted by molar-refractivity contribution is 7.13. The van der Waals surface area contributed by atoms with Gasteiger partial charge in [-0.05, 0) is 36.9 Å². The van der Waals surface area contributed by atoms with Gasteiger partial charge in [-0.3, -0.25) is 4.79 Å². The second-order valence-electron chi connectivity index (χ2n) is 4.92. The van der Waals surface area contributed by atoms with E-state index < -0.39 is 0 Å². The van der Waals surface area contributed by atoms with E-state index in [4.69, 9.17) is 11.6 Å². The molecule has 0 radical (unpaired) electrons. The number of hydrogen-bond donors (Lipinski definition) is 0. The quantitative estimate of drug-likeness (QED) is 0.664. The molecule has 0 saturated heterocycles. The zero-order valence-electron chi connectivity index (χ0n) is 11.9. The van der Waals surface area contributed by atoms with Gasteiger partial charge in [0.1, 0.15) is 5.82 Å². The Kier molecular flexibility index (Phi) is 3.83. The van der Waals surface area contributed by atoms with Crippen LogP contribution in [0, 0.1) is 6.92 Å². The average Bonchev–Trinajstić information content (AvgIpc) is 2.99. The second-order valence-corrected chi connectivity index (χ2v) is 6.18. The number of halogens is 1. The summed E-state index contributed by atoms with van der Waals surface area (Å²) in [5.74, 6) is 0.828. The van der Waals surface area contributed by atoms with E-state index >= 15 is 0 Å². The van der Waals surface area contributed by atoms with Crippen molar-refractivity contribution < 1.29 is 4.79 Å². The summed E-state index contributed by atoms with van der Waals surface area (Å²) in [6.45, 7) is 4.77. The van der Waals surface area contributed by atoms with Gasteiger partial charge in [0.25, 0.3) is 0 Å². The number of fused-ring (bicyclic) bond motifs is 1. The molecule has 0 atom stereocenters. The van der Waals surface area contributed by atoms with Gasteiger partial charge in [-0.25, -0.2) is 4.98 Å². The van der Waals surface area contributed by atoms with Crippen molar-refractivity contribution in [3.05, 3.63) is 50.9 Å². The van der Waals surface area contributed by atoms with Gasteiger partial charge >= 0.3 is 0 Å². The number of imidazole rings is 1. The number of thiophene rings is 1. The van der Waals surface area contributed by atoms with Crippen LogP contribution in [-0.4, -0.2) is 15.3 Å². The number of benzene rings is 1. The Labute approximate surface area is 132 Å². The third-order valence-electron chi connectivity index (χ3n) is 3.52. The second kappa shape index (κ2) is 5.62. The number of carbonyl (C=O) groups is 1. The highest BCUT2D eigenvalue weighted by atomic mass is 35.5. The SMILES string of the molecule is CCn1c(CC(=O)c2scc(C)c2Cl)nc2ccccc21. The number of aryl methyl sites for hydroxylation is 2. The molecule has 0 unspecified atom stereocenters. The van der Waals surface area contributed by atoms with Crippen molar-refractivity contribution in [3.8, 4) is 0 Å². The first-order chi connectivity index (χ1) is 10.1. The van der Waals surface area contributed by atoms with Gasteiger partial charge in [-0.15, -0.1) is 11.3 Å². The van der Waals surface area contributed by atoms with Crippen LogP contribution in [0.1, 0.15) is 28.0 Å². The molecule has 0 N–H and O–H groups in total. The Morgan fingerprint density at radius 2 is 2.14 bits per heavy atom. The summed E-state index contributed by atoms with van der Waals surface area (Å²) in [5, 5.41) is 2.49. The van der Waals surface area contributed by atoms with E-state index in [0.717, 1.165) is 29.0 Å². The zero-order chi connectivity index (χ0) is 15.0. The Balaban J connectivity index is 1.98. The maximum atomic E-state index is 12.5. The van der Waals surface area contributed by atoms with Gasteiger partial charge < -0.3 is 4.57 Å². The van der Waals surface area contributed by atoms with Crippen molar-refractivity contribution >= 4 is 39.8 Å². The first kappa shape index (κ1) is 14.3. The first-order valence-corrected chi connectivity index (χ1v) is 8.08. The maximum Gasteiger partial charge on any atom is 0.181 e. The van der Waals surface area contributed by atoms with E-state index in [-0.39, 0.29) is 12.2 Å². The van der Waals surface area contributed by atoms with Gasteiger partial charge in [0, 0.05) is 6.54 Å². The Morgan fingerprint density at radius 1 is 1.38 bits per heavy atom. The first-order valence-electron chi connectivity index (χ1n) is 6.82. The molecule has 0 spiro atoms. The molecule has 3 nitrogen and oxygen atoms in total. The van der Waals surface area contributed by atoms with Gasteiger partial charge in [0.15, 0.2) is 5.78 Å². The molecule has 0 saturated carbocycles. The molecule has 0 fully saturated rings. The normalized spacial score (nSPS) is 11.2. The number of ketones is 1. The minimum Gasteiger partial charge on any atom is -0.328 e. The molecule has 2 aromatic heterocycles. The molecule has 2 heterocycles. The number of nitrogens with zero attached hydrogens (tertiary/aromatic N) is 2. The van der Waals surface area contributed by atoms with Crippen LogP contribution in [0.15, 0.2) is 29.6 Å². The van der Waals surface area contributed by atoms with Crippen LogP contribution in [0.25, 0.3) is 11.0 Å². The third kappa shape index (κ3) is 2.49. The molecule has 5 heteroatoms. The van der Waals surface area contributed by atoms with Crippen molar-refractivity contribution in [2.24, 2.45) is 0 Å². The summed E-state index contributed by atoms with van der Waals surface area (Å²) in [5.41, 5.74) is 2.95. The summed E-state index contributed by atoms with van der Waals surface area (Å²) in [4.78, 5) is 17.7. The number of aromatic nitrogens is 2. The summed E-state index contributed by atoms with van der Waals surface area (Å²) in [6, 6.07) is 7.95. The van der Waals surface area contributed by atoms with Gasteiger partial charge in [-0.2, -0.15) is 0 Å². The number of para-hydroxylation sites is 2. The lowest BCUT2D eigenvalue weighted by Crippen LogP contribution is -2.09. The molecular formula is C16H15ClN2OS. The lowest BCUT2D eigenvalue weighted by Gasteiger charge is -2.05. The molecule has 108 valence electrons. The summed E-state index contributed by atoms with van der Waals surface area (Å²) < 4.78 is 2.08. The minimum absolute atomic E-state index is 0.0307. The van der Waals surface area contributed by atoms with E-state index in [2.05, 4.69) is 16.5 Å². The number of carbonyl (C=O) groups excluding carboxylic acids is 1. The van der Waals surface area contributed by atoms with E-state index in [1.54, 1.807) is 0 Å². The lowest BCUT2D eigenvalue weighted by molar-refractivity contribution is 0.0994. The fourth-order valence-electron chi connectivity index (χ4n) is 2.46. The van der Waals surface area contributed by atoms with Gasteiger partial charge in [-0.1, -0.05) is 23.7 Å². The van der Waals surface area contributed by atoms with Crippen LogP contribution in [0.2, 0.25) is 5.02 Å². The highest BCUT2D eigenvalue weighted by Crippen LogP contribution is 2.28. The van der Waals surface area contributed by atoms with Crippen LogP contribution >= 0.6 is 22.9 Å². The molecule has 3 rings (SSSR count).